The first-order chi connectivity index (χ1) is 9.47. The lowest BCUT2D eigenvalue weighted by Gasteiger charge is -2.11. The summed E-state index contributed by atoms with van der Waals surface area (Å²) in [5.74, 6) is 0.197. The number of halogens is 1. The number of hydrogen-bond acceptors (Lipinski definition) is 2. The summed E-state index contributed by atoms with van der Waals surface area (Å²) in [5, 5.41) is 0. The average molecular weight is 273 g/mol. The number of benzene rings is 2. The average Bonchev–Trinajstić information content (AvgIpc) is 2.40. The van der Waals surface area contributed by atoms with Crippen molar-refractivity contribution in [2.24, 2.45) is 5.73 Å². The second kappa shape index (κ2) is 6.06. The van der Waals surface area contributed by atoms with Gasteiger partial charge in [-0.3, -0.25) is 0 Å². The number of hydrogen-bond donors (Lipinski definition) is 1. The molecule has 0 aliphatic heterocycles. The van der Waals surface area contributed by atoms with Crippen molar-refractivity contribution < 1.29 is 9.13 Å². The summed E-state index contributed by atoms with van der Waals surface area (Å²) in [7, 11) is 0. The largest absolute Gasteiger partial charge is 0.489 e. The summed E-state index contributed by atoms with van der Waals surface area (Å²) >= 11 is 0. The molecule has 0 radical (unpaired) electrons. The Morgan fingerprint density at radius 1 is 1.10 bits per heavy atom. The van der Waals surface area contributed by atoms with Crippen molar-refractivity contribution in [3.8, 4) is 5.75 Å². The minimum Gasteiger partial charge on any atom is -0.489 e. The van der Waals surface area contributed by atoms with Crippen LogP contribution in [0.4, 0.5) is 4.39 Å². The lowest BCUT2D eigenvalue weighted by molar-refractivity contribution is 0.304. The van der Waals surface area contributed by atoms with Crippen molar-refractivity contribution in [3.05, 3.63) is 64.5 Å². The minimum absolute atomic E-state index is 0.316. The highest BCUT2D eigenvalue weighted by molar-refractivity contribution is 5.32. The lowest BCUT2D eigenvalue weighted by atomic mass is 10.1. The summed E-state index contributed by atoms with van der Waals surface area (Å²) < 4.78 is 19.4. The Bertz CT molecular complexity index is 608. The van der Waals surface area contributed by atoms with E-state index < -0.39 is 0 Å². The predicted molar refractivity (Wildman–Crippen MR) is 79.3 cm³/mol. The van der Waals surface area contributed by atoms with Gasteiger partial charge >= 0.3 is 0 Å². The molecule has 0 unspecified atom stereocenters. The van der Waals surface area contributed by atoms with Gasteiger partial charge in [0.15, 0.2) is 0 Å². The Kier molecular flexibility index (Phi) is 4.40. The number of rotatable bonds is 4. The Hall–Kier alpha value is -1.87. The fourth-order valence-corrected chi connectivity index (χ4v) is 2.03. The van der Waals surface area contributed by atoms with E-state index in [1.165, 1.54) is 17.2 Å². The second-order valence-electron chi connectivity index (χ2n) is 5.18. The fraction of sp³-hybridized carbons (Fsp3) is 0.294. The van der Waals surface area contributed by atoms with Gasteiger partial charge in [-0.2, -0.15) is 0 Å². The summed E-state index contributed by atoms with van der Waals surface area (Å²) in [5.41, 5.74) is 9.73. The first kappa shape index (κ1) is 14.5. The Morgan fingerprint density at radius 2 is 1.85 bits per heavy atom. The molecule has 0 saturated carbocycles. The standard InChI is InChI=1S/C17H20FNO/c1-11-4-5-14(8-12(11)2)10-20-15-6-7-16(13(3)19)17(18)9-15/h4-9,13H,10,19H2,1-3H3/t13-/m1/s1. The van der Waals surface area contributed by atoms with Gasteiger partial charge in [0, 0.05) is 17.7 Å². The van der Waals surface area contributed by atoms with E-state index in [2.05, 4.69) is 26.0 Å². The molecule has 0 fully saturated rings. The zero-order chi connectivity index (χ0) is 14.7. The van der Waals surface area contributed by atoms with Crippen LogP contribution in [0.1, 0.15) is 35.2 Å². The quantitative estimate of drug-likeness (QED) is 0.912. The third-order valence-corrected chi connectivity index (χ3v) is 3.44. The van der Waals surface area contributed by atoms with Gasteiger partial charge in [-0.15, -0.1) is 0 Å². The smallest absolute Gasteiger partial charge is 0.131 e. The van der Waals surface area contributed by atoms with Crippen LogP contribution in [-0.4, -0.2) is 0 Å². The van der Waals surface area contributed by atoms with E-state index in [0.717, 1.165) is 5.56 Å². The maximum atomic E-state index is 13.8. The highest BCUT2D eigenvalue weighted by atomic mass is 19.1. The van der Waals surface area contributed by atoms with Crippen molar-refractivity contribution in [1.82, 2.24) is 0 Å². The molecule has 0 saturated heterocycles. The fourth-order valence-electron chi connectivity index (χ4n) is 2.03. The van der Waals surface area contributed by atoms with Crippen molar-refractivity contribution in [1.29, 1.82) is 0 Å². The molecule has 0 heterocycles. The van der Waals surface area contributed by atoms with Crippen LogP contribution in [0.3, 0.4) is 0 Å². The van der Waals surface area contributed by atoms with Crippen LogP contribution in [0.2, 0.25) is 0 Å². The molecule has 2 N–H and O–H groups in total. The van der Waals surface area contributed by atoms with Crippen LogP contribution in [0.25, 0.3) is 0 Å². The van der Waals surface area contributed by atoms with Gasteiger partial charge in [-0.1, -0.05) is 24.3 Å². The first-order valence-electron chi connectivity index (χ1n) is 6.71. The van der Waals surface area contributed by atoms with Gasteiger partial charge in [0.05, 0.1) is 0 Å². The van der Waals surface area contributed by atoms with E-state index >= 15 is 0 Å². The van der Waals surface area contributed by atoms with Gasteiger partial charge in [0.25, 0.3) is 0 Å². The van der Waals surface area contributed by atoms with Crippen LogP contribution >= 0.6 is 0 Å². The molecular weight excluding hydrogens is 253 g/mol. The lowest BCUT2D eigenvalue weighted by Crippen LogP contribution is -2.07. The Morgan fingerprint density at radius 3 is 2.45 bits per heavy atom. The van der Waals surface area contributed by atoms with E-state index in [1.807, 2.05) is 6.07 Å². The second-order valence-corrected chi connectivity index (χ2v) is 5.18. The molecule has 2 aromatic carbocycles. The van der Waals surface area contributed by atoms with E-state index in [9.17, 15) is 4.39 Å². The predicted octanol–water partition coefficient (Wildman–Crippen LogP) is 4.04. The van der Waals surface area contributed by atoms with Gasteiger partial charge in [-0.05, 0) is 43.5 Å². The molecule has 2 aromatic rings. The molecule has 2 rings (SSSR count). The summed E-state index contributed by atoms with van der Waals surface area (Å²) in [6.07, 6.45) is 0. The van der Waals surface area contributed by atoms with Gasteiger partial charge in [0.2, 0.25) is 0 Å². The molecular formula is C17H20FNO. The van der Waals surface area contributed by atoms with E-state index in [-0.39, 0.29) is 11.9 Å². The van der Waals surface area contributed by atoms with E-state index in [4.69, 9.17) is 10.5 Å². The molecule has 0 aliphatic rings. The highest BCUT2D eigenvalue weighted by Gasteiger charge is 2.08. The maximum absolute atomic E-state index is 13.8. The highest BCUT2D eigenvalue weighted by Crippen LogP contribution is 2.21. The zero-order valence-electron chi connectivity index (χ0n) is 12.1. The topological polar surface area (TPSA) is 35.2 Å². The van der Waals surface area contributed by atoms with Gasteiger partial charge in [0.1, 0.15) is 18.2 Å². The van der Waals surface area contributed by atoms with Crippen LogP contribution in [0.15, 0.2) is 36.4 Å². The number of aryl methyl sites for hydroxylation is 2. The van der Waals surface area contributed by atoms with E-state index in [1.54, 1.807) is 19.1 Å². The molecule has 0 spiro atoms. The molecule has 0 aromatic heterocycles. The third-order valence-electron chi connectivity index (χ3n) is 3.44. The molecule has 0 aliphatic carbocycles. The van der Waals surface area contributed by atoms with Crippen molar-refractivity contribution in [3.63, 3.8) is 0 Å². The normalized spacial score (nSPS) is 12.2. The number of nitrogens with two attached hydrogens (primary N) is 1. The monoisotopic (exact) mass is 273 g/mol. The van der Waals surface area contributed by atoms with Crippen LogP contribution in [0.5, 0.6) is 5.75 Å². The van der Waals surface area contributed by atoms with Gasteiger partial charge < -0.3 is 10.5 Å². The van der Waals surface area contributed by atoms with Crippen molar-refractivity contribution in [2.75, 3.05) is 0 Å². The Balaban J connectivity index is 2.07. The molecule has 106 valence electrons. The van der Waals surface area contributed by atoms with E-state index in [0.29, 0.717) is 17.9 Å². The minimum atomic E-state index is -0.322. The maximum Gasteiger partial charge on any atom is 0.131 e. The Labute approximate surface area is 119 Å². The molecule has 20 heavy (non-hydrogen) atoms. The molecule has 2 nitrogen and oxygen atoms in total. The number of ether oxygens (including phenoxy) is 1. The molecule has 0 bridgehead atoms. The van der Waals surface area contributed by atoms with Crippen LogP contribution in [-0.2, 0) is 6.61 Å². The van der Waals surface area contributed by atoms with Crippen LogP contribution in [0, 0.1) is 19.7 Å². The first-order valence-corrected chi connectivity index (χ1v) is 6.71. The molecule has 0 amide bonds. The summed E-state index contributed by atoms with van der Waals surface area (Å²) in [6, 6.07) is 10.7. The SMILES string of the molecule is Cc1ccc(COc2ccc([C@@H](C)N)c(F)c2)cc1C. The summed E-state index contributed by atoms with van der Waals surface area (Å²) in [6.45, 7) is 6.32. The summed E-state index contributed by atoms with van der Waals surface area (Å²) in [4.78, 5) is 0. The molecule has 1 atom stereocenters. The van der Waals surface area contributed by atoms with Crippen molar-refractivity contribution in [2.45, 2.75) is 33.4 Å². The van der Waals surface area contributed by atoms with Gasteiger partial charge in [-0.25, -0.2) is 4.39 Å². The van der Waals surface area contributed by atoms with Crippen molar-refractivity contribution >= 4 is 0 Å². The third kappa shape index (κ3) is 3.36. The van der Waals surface area contributed by atoms with Crippen LogP contribution < -0.4 is 10.5 Å². The molecule has 3 heteroatoms. The zero-order valence-corrected chi connectivity index (χ0v) is 12.1.